The highest BCUT2D eigenvalue weighted by Gasteiger charge is 2.18. The van der Waals surface area contributed by atoms with Crippen LogP contribution < -0.4 is 0 Å². The van der Waals surface area contributed by atoms with Crippen LogP contribution in [0.3, 0.4) is 0 Å². The summed E-state index contributed by atoms with van der Waals surface area (Å²) < 4.78 is 2.35. The largest absolute Gasteiger partial charge is 0.309 e. The Labute approximate surface area is 308 Å². The van der Waals surface area contributed by atoms with Gasteiger partial charge in [-0.2, -0.15) is 5.26 Å². The molecule has 10 aromatic rings. The molecule has 0 aliphatic carbocycles. The minimum Gasteiger partial charge on any atom is -0.309 e. The lowest BCUT2D eigenvalue weighted by Crippen LogP contribution is -1.97. The van der Waals surface area contributed by atoms with Gasteiger partial charge in [-0.3, -0.25) is 0 Å². The zero-order valence-electron chi connectivity index (χ0n) is 28.9. The van der Waals surface area contributed by atoms with E-state index < -0.39 is 0 Å². The molecule has 53 heavy (non-hydrogen) atoms. The van der Waals surface area contributed by atoms with E-state index in [-0.39, 0.29) is 0 Å². The summed E-state index contributed by atoms with van der Waals surface area (Å²) in [6.45, 7) is 0. The molecular formula is C51H32N2. The molecule has 0 N–H and O–H groups in total. The monoisotopic (exact) mass is 672 g/mol. The van der Waals surface area contributed by atoms with E-state index in [0.717, 1.165) is 44.5 Å². The van der Waals surface area contributed by atoms with Gasteiger partial charge in [0.05, 0.1) is 28.4 Å². The van der Waals surface area contributed by atoms with Gasteiger partial charge < -0.3 is 4.57 Å². The molecule has 1 heterocycles. The molecule has 1 aromatic heterocycles. The zero-order chi connectivity index (χ0) is 35.3. The van der Waals surface area contributed by atoms with Crippen molar-refractivity contribution in [3.63, 3.8) is 0 Å². The number of nitrogens with zero attached hydrogens (tertiary/aromatic N) is 2. The molecule has 0 amide bonds. The average Bonchev–Trinajstić information content (AvgIpc) is 3.57. The number of aromatic nitrogens is 1. The topological polar surface area (TPSA) is 28.7 Å². The summed E-state index contributed by atoms with van der Waals surface area (Å²) in [5.74, 6) is 0. The van der Waals surface area contributed by atoms with E-state index in [9.17, 15) is 5.26 Å². The molecule has 0 unspecified atom stereocenters. The van der Waals surface area contributed by atoms with Crippen molar-refractivity contribution in [2.75, 3.05) is 0 Å². The van der Waals surface area contributed by atoms with E-state index >= 15 is 0 Å². The molecule has 0 radical (unpaired) electrons. The first-order valence-corrected chi connectivity index (χ1v) is 18.0. The van der Waals surface area contributed by atoms with E-state index in [2.05, 4.69) is 193 Å². The lowest BCUT2D eigenvalue weighted by atomic mass is 9.85. The van der Waals surface area contributed by atoms with Crippen LogP contribution in [0.25, 0.3) is 93.5 Å². The summed E-state index contributed by atoms with van der Waals surface area (Å²) in [6, 6.07) is 71.4. The first kappa shape index (κ1) is 30.6. The van der Waals surface area contributed by atoms with Crippen molar-refractivity contribution in [1.29, 1.82) is 5.26 Å². The normalized spacial score (nSPS) is 11.4. The Balaban J connectivity index is 1.12. The van der Waals surface area contributed by atoms with Crippen LogP contribution in [0.15, 0.2) is 194 Å². The van der Waals surface area contributed by atoms with Crippen molar-refractivity contribution in [3.05, 3.63) is 200 Å². The van der Waals surface area contributed by atoms with Crippen LogP contribution in [-0.2, 0) is 0 Å². The first-order valence-electron chi connectivity index (χ1n) is 18.0. The van der Waals surface area contributed by atoms with Gasteiger partial charge in [0.15, 0.2) is 0 Å². The third-order valence-corrected chi connectivity index (χ3v) is 10.6. The van der Waals surface area contributed by atoms with Crippen LogP contribution >= 0.6 is 0 Å². The molecule has 0 aliphatic rings. The quantitative estimate of drug-likeness (QED) is 0.167. The molecule has 0 bridgehead atoms. The van der Waals surface area contributed by atoms with E-state index in [1.165, 1.54) is 49.0 Å². The fraction of sp³-hybridized carbons (Fsp3) is 0. The van der Waals surface area contributed by atoms with Crippen LogP contribution in [0, 0.1) is 11.3 Å². The van der Waals surface area contributed by atoms with Crippen molar-refractivity contribution in [2.45, 2.75) is 0 Å². The Morgan fingerprint density at radius 2 is 0.774 bits per heavy atom. The number of para-hydroxylation sites is 3. The van der Waals surface area contributed by atoms with E-state index in [1.807, 2.05) is 12.1 Å². The fourth-order valence-corrected chi connectivity index (χ4v) is 8.29. The van der Waals surface area contributed by atoms with Gasteiger partial charge in [0, 0.05) is 16.3 Å². The molecule has 10 rings (SSSR count). The summed E-state index contributed by atoms with van der Waals surface area (Å²) >= 11 is 0. The third-order valence-electron chi connectivity index (χ3n) is 10.6. The van der Waals surface area contributed by atoms with Gasteiger partial charge in [-0.05, 0) is 96.9 Å². The maximum Gasteiger partial charge on any atom is 0.0992 e. The number of fused-ring (bicyclic) bond motifs is 5. The van der Waals surface area contributed by atoms with Crippen molar-refractivity contribution in [1.82, 2.24) is 4.57 Å². The number of nitriles is 1. The second kappa shape index (κ2) is 12.5. The fourth-order valence-electron chi connectivity index (χ4n) is 8.29. The summed E-state index contributed by atoms with van der Waals surface area (Å²) in [6.07, 6.45) is 0. The Kier molecular flexibility index (Phi) is 7.23. The molecule has 0 aliphatic heterocycles. The molecule has 0 saturated carbocycles. The minimum atomic E-state index is 0.632. The summed E-state index contributed by atoms with van der Waals surface area (Å²) in [4.78, 5) is 0. The molecule has 0 saturated heterocycles. The Morgan fingerprint density at radius 3 is 1.34 bits per heavy atom. The van der Waals surface area contributed by atoms with Gasteiger partial charge in [0.1, 0.15) is 0 Å². The van der Waals surface area contributed by atoms with E-state index in [1.54, 1.807) is 0 Å². The lowest BCUT2D eigenvalue weighted by Gasteiger charge is -2.18. The van der Waals surface area contributed by atoms with E-state index in [0.29, 0.717) is 5.56 Å². The third kappa shape index (κ3) is 5.02. The van der Waals surface area contributed by atoms with Crippen molar-refractivity contribution in [3.8, 4) is 56.3 Å². The second-order valence-electron chi connectivity index (χ2n) is 13.6. The molecule has 2 heteroatoms. The van der Waals surface area contributed by atoms with Gasteiger partial charge >= 0.3 is 0 Å². The number of benzene rings is 9. The standard InChI is InChI=1S/C51H32N2/c52-33-34-30-38(32-39(31-34)40-16-8-11-23-47(40)53-48-24-12-9-17-41(48)42-18-10-13-25-49(42)53)35-26-28-37(29-27-35)51-45-21-6-4-19-43(45)50(36-14-2-1-3-15-36)44-20-5-7-22-46(44)51/h1-32H. The molecule has 2 nitrogen and oxygen atoms in total. The van der Waals surface area contributed by atoms with Crippen molar-refractivity contribution in [2.24, 2.45) is 0 Å². The van der Waals surface area contributed by atoms with Crippen LogP contribution in [-0.4, -0.2) is 4.57 Å². The summed E-state index contributed by atoms with van der Waals surface area (Å²) in [7, 11) is 0. The number of hydrogen-bond donors (Lipinski definition) is 0. The summed E-state index contributed by atoms with van der Waals surface area (Å²) in [5.41, 5.74) is 13.1. The van der Waals surface area contributed by atoms with E-state index in [4.69, 9.17) is 0 Å². The second-order valence-corrected chi connectivity index (χ2v) is 13.6. The summed E-state index contributed by atoms with van der Waals surface area (Å²) in [5, 5.41) is 17.6. The van der Waals surface area contributed by atoms with Crippen LogP contribution in [0.4, 0.5) is 0 Å². The molecular weight excluding hydrogens is 641 g/mol. The Bertz CT molecular complexity index is 2940. The van der Waals surface area contributed by atoms with Crippen LogP contribution in [0.5, 0.6) is 0 Å². The molecule has 9 aromatic carbocycles. The molecule has 0 atom stereocenters. The van der Waals surface area contributed by atoms with Crippen molar-refractivity contribution >= 4 is 43.4 Å². The maximum atomic E-state index is 10.3. The SMILES string of the molecule is N#Cc1cc(-c2ccc(-c3c4ccccc4c(-c4ccccc4)c4ccccc34)cc2)cc(-c2ccccc2-n2c3ccccc3c3ccccc32)c1. The number of hydrogen-bond acceptors (Lipinski definition) is 1. The van der Waals surface area contributed by atoms with Gasteiger partial charge in [0.2, 0.25) is 0 Å². The maximum absolute atomic E-state index is 10.3. The molecule has 0 spiro atoms. The molecule has 246 valence electrons. The lowest BCUT2D eigenvalue weighted by molar-refractivity contribution is 1.18. The highest BCUT2D eigenvalue weighted by Crippen LogP contribution is 2.44. The van der Waals surface area contributed by atoms with Gasteiger partial charge in [-0.25, -0.2) is 0 Å². The smallest absolute Gasteiger partial charge is 0.0992 e. The Morgan fingerprint density at radius 1 is 0.340 bits per heavy atom. The van der Waals surface area contributed by atoms with Crippen molar-refractivity contribution < 1.29 is 0 Å². The molecule has 0 fully saturated rings. The first-order chi connectivity index (χ1) is 26.3. The highest BCUT2D eigenvalue weighted by atomic mass is 15.0. The van der Waals surface area contributed by atoms with Gasteiger partial charge in [-0.15, -0.1) is 0 Å². The Hall–Kier alpha value is -7.21. The van der Waals surface area contributed by atoms with Crippen LogP contribution in [0.1, 0.15) is 5.56 Å². The van der Waals surface area contributed by atoms with Gasteiger partial charge in [0.25, 0.3) is 0 Å². The number of rotatable bonds is 5. The highest BCUT2D eigenvalue weighted by molar-refractivity contribution is 6.21. The predicted molar refractivity (Wildman–Crippen MR) is 222 cm³/mol. The average molecular weight is 673 g/mol. The van der Waals surface area contributed by atoms with Crippen LogP contribution in [0.2, 0.25) is 0 Å². The predicted octanol–water partition coefficient (Wildman–Crippen LogP) is 13.6. The van der Waals surface area contributed by atoms with Gasteiger partial charge in [-0.1, -0.05) is 158 Å². The zero-order valence-corrected chi connectivity index (χ0v) is 28.9. The minimum absolute atomic E-state index is 0.632.